The molecule has 0 aliphatic rings. The quantitative estimate of drug-likeness (QED) is 0.592. The van der Waals surface area contributed by atoms with Crippen LogP contribution < -0.4 is 5.32 Å². The highest BCUT2D eigenvalue weighted by Gasteiger charge is 2.02. The Hall–Kier alpha value is -0.660. The van der Waals surface area contributed by atoms with Crippen LogP contribution in [0.25, 0.3) is 0 Å². The van der Waals surface area contributed by atoms with Gasteiger partial charge in [0.1, 0.15) is 0 Å². The number of hydrogen-bond donors (Lipinski definition) is 1. The summed E-state index contributed by atoms with van der Waals surface area (Å²) in [5.41, 5.74) is 0.799. The Morgan fingerprint density at radius 1 is 1.31 bits per heavy atom. The van der Waals surface area contributed by atoms with Gasteiger partial charge in [-0.15, -0.1) is 6.58 Å². The molecule has 1 aromatic carbocycles. The van der Waals surface area contributed by atoms with E-state index in [1.54, 1.807) is 0 Å². The molecule has 3 heteroatoms. The summed E-state index contributed by atoms with van der Waals surface area (Å²) >= 11 is 11.9. The molecule has 0 saturated carbocycles. The van der Waals surface area contributed by atoms with Gasteiger partial charge in [0.15, 0.2) is 0 Å². The molecule has 0 amide bonds. The summed E-state index contributed by atoms with van der Waals surface area (Å²) in [6, 6.07) is 5.44. The summed E-state index contributed by atoms with van der Waals surface area (Å²) in [5.74, 6) is 0. The Morgan fingerprint density at radius 3 is 2.46 bits per heavy atom. The highest BCUT2D eigenvalue weighted by Crippen LogP contribution is 2.29. The van der Waals surface area contributed by atoms with Gasteiger partial charge >= 0.3 is 0 Å². The molecule has 1 nitrogen and oxygen atoms in total. The number of halogens is 2. The van der Waals surface area contributed by atoms with Gasteiger partial charge in [-0.25, -0.2) is 0 Å². The van der Waals surface area contributed by atoms with Gasteiger partial charge < -0.3 is 5.32 Å². The molecule has 0 radical (unpaired) electrons. The predicted octanol–water partition coefficient (Wildman–Crippen LogP) is 3.98. The normalized spacial score (nSPS) is 9.69. The first-order chi connectivity index (χ1) is 6.25. The lowest BCUT2D eigenvalue weighted by molar-refractivity contribution is 1.07. The van der Waals surface area contributed by atoms with Gasteiger partial charge in [-0.05, 0) is 18.6 Å². The molecule has 0 aliphatic carbocycles. The molecular formula is C10H11Cl2N. The largest absolute Gasteiger partial charge is 0.382 e. The maximum Gasteiger partial charge on any atom is 0.0719 e. The Bertz CT molecular complexity index is 277. The van der Waals surface area contributed by atoms with Crippen LogP contribution in [0.3, 0.4) is 0 Å². The van der Waals surface area contributed by atoms with Crippen LogP contribution in [0.2, 0.25) is 10.0 Å². The van der Waals surface area contributed by atoms with E-state index in [1.165, 1.54) is 0 Å². The maximum absolute atomic E-state index is 5.94. The van der Waals surface area contributed by atoms with Crippen molar-refractivity contribution in [2.24, 2.45) is 0 Å². The molecule has 0 spiro atoms. The minimum Gasteiger partial charge on any atom is -0.382 e. The van der Waals surface area contributed by atoms with Crippen molar-refractivity contribution < 1.29 is 0 Å². The lowest BCUT2D eigenvalue weighted by atomic mass is 10.3. The summed E-state index contributed by atoms with van der Waals surface area (Å²) in [7, 11) is 0. The molecule has 0 heterocycles. The zero-order valence-corrected chi connectivity index (χ0v) is 8.70. The molecule has 1 rings (SSSR count). The third-order valence-corrected chi connectivity index (χ3v) is 2.24. The van der Waals surface area contributed by atoms with Crippen LogP contribution in [0.15, 0.2) is 30.9 Å². The van der Waals surface area contributed by atoms with Crippen molar-refractivity contribution in [3.05, 3.63) is 40.9 Å². The molecular weight excluding hydrogens is 205 g/mol. The van der Waals surface area contributed by atoms with E-state index < -0.39 is 0 Å². The third-order valence-electron chi connectivity index (χ3n) is 1.61. The van der Waals surface area contributed by atoms with Crippen molar-refractivity contribution in [2.75, 3.05) is 11.9 Å². The Balaban J connectivity index is 2.69. The van der Waals surface area contributed by atoms with Crippen molar-refractivity contribution >= 4 is 28.9 Å². The van der Waals surface area contributed by atoms with E-state index >= 15 is 0 Å². The fourth-order valence-electron chi connectivity index (χ4n) is 0.966. The van der Waals surface area contributed by atoms with Crippen LogP contribution in [-0.4, -0.2) is 6.54 Å². The van der Waals surface area contributed by atoms with Crippen molar-refractivity contribution in [1.82, 2.24) is 0 Å². The molecule has 0 aliphatic heterocycles. The lowest BCUT2D eigenvalue weighted by Crippen LogP contribution is -2.00. The molecule has 0 unspecified atom stereocenters. The topological polar surface area (TPSA) is 12.0 Å². The monoisotopic (exact) mass is 215 g/mol. The Morgan fingerprint density at radius 2 is 1.92 bits per heavy atom. The minimum atomic E-state index is 0.650. The van der Waals surface area contributed by atoms with Gasteiger partial charge in [0.25, 0.3) is 0 Å². The second-order valence-electron chi connectivity index (χ2n) is 2.60. The molecule has 0 atom stereocenters. The van der Waals surface area contributed by atoms with Crippen LogP contribution in [0.4, 0.5) is 5.69 Å². The molecule has 13 heavy (non-hydrogen) atoms. The van der Waals surface area contributed by atoms with Crippen LogP contribution >= 0.6 is 23.2 Å². The van der Waals surface area contributed by atoms with E-state index in [9.17, 15) is 0 Å². The van der Waals surface area contributed by atoms with Gasteiger partial charge in [0, 0.05) is 6.54 Å². The summed E-state index contributed by atoms with van der Waals surface area (Å²) in [6.07, 6.45) is 2.74. The fourth-order valence-corrected chi connectivity index (χ4v) is 1.50. The highest BCUT2D eigenvalue weighted by molar-refractivity contribution is 6.39. The summed E-state index contributed by atoms with van der Waals surface area (Å²) in [6.45, 7) is 4.43. The maximum atomic E-state index is 5.94. The zero-order valence-electron chi connectivity index (χ0n) is 7.19. The number of para-hydroxylation sites is 1. The van der Waals surface area contributed by atoms with Gasteiger partial charge in [0.2, 0.25) is 0 Å². The number of nitrogens with one attached hydrogen (secondary N) is 1. The van der Waals surface area contributed by atoms with Gasteiger partial charge in [-0.3, -0.25) is 0 Å². The molecule has 1 N–H and O–H groups in total. The third kappa shape index (κ3) is 2.94. The van der Waals surface area contributed by atoms with Crippen molar-refractivity contribution in [2.45, 2.75) is 6.42 Å². The second kappa shape index (κ2) is 5.15. The van der Waals surface area contributed by atoms with E-state index in [2.05, 4.69) is 11.9 Å². The SMILES string of the molecule is C=CCCNc1c(Cl)cccc1Cl. The molecule has 0 fully saturated rings. The summed E-state index contributed by atoms with van der Waals surface area (Å²) < 4.78 is 0. The van der Waals surface area contributed by atoms with Crippen LogP contribution in [0.1, 0.15) is 6.42 Å². The first-order valence-electron chi connectivity index (χ1n) is 4.04. The van der Waals surface area contributed by atoms with E-state index in [1.807, 2.05) is 24.3 Å². The minimum absolute atomic E-state index is 0.650. The highest BCUT2D eigenvalue weighted by atomic mass is 35.5. The Labute approximate surface area is 88.4 Å². The fraction of sp³-hybridized carbons (Fsp3) is 0.200. The number of anilines is 1. The van der Waals surface area contributed by atoms with Gasteiger partial charge in [-0.1, -0.05) is 35.3 Å². The van der Waals surface area contributed by atoms with E-state index in [0.29, 0.717) is 10.0 Å². The van der Waals surface area contributed by atoms with Crippen LogP contribution in [0, 0.1) is 0 Å². The van der Waals surface area contributed by atoms with Crippen molar-refractivity contribution in [3.63, 3.8) is 0 Å². The van der Waals surface area contributed by atoms with E-state index in [0.717, 1.165) is 18.7 Å². The summed E-state index contributed by atoms with van der Waals surface area (Å²) in [4.78, 5) is 0. The molecule has 0 saturated heterocycles. The smallest absolute Gasteiger partial charge is 0.0719 e. The van der Waals surface area contributed by atoms with Gasteiger partial charge in [-0.2, -0.15) is 0 Å². The zero-order chi connectivity index (χ0) is 9.68. The molecule has 70 valence electrons. The lowest BCUT2D eigenvalue weighted by Gasteiger charge is -2.08. The predicted molar refractivity (Wildman–Crippen MR) is 59.8 cm³/mol. The molecule has 0 aromatic heterocycles. The Kier molecular flexibility index (Phi) is 4.13. The first kappa shape index (κ1) is 10.4. The van der Waals surface area contributed by atoms with Crippen LogP contribution in [-0.2, 0) is 0 Å². The second-order valence-corrected chi connectivity index (χ2v) is 3.42. The molecule has 1 aromatic rings. The van der Waals surface area contributed by atoms with Crippen LogP contribution in [0.5, 0.6) is 0 Å². The molecule has 0 bridgehead atoms. The van der Waals surface area contributed by atoms with Crippen molar-refractivity contribution in [1.29, 1.82) is 0 Å². The van der Waals surface area contributed by atoms with Crippen molar-refractivity contribution in [3.8, 4) is 0 Å². The first-order valence-corrected chi connectivity index (χ1v) is 4.80. The number of benzene rings is 1. The van der Waals surface area contributed by atoms with E-state index in [-0.39, 0.29) is 0 Å². The summed E-state index contributed by atoms with van der Waals surface area (Å²) in [5, 5.41) is 4.45. The average Bonchev–Trinajstić information content (AvgIpc) is 2.10. The number of hydrogen-bond acceptors (Lipinski definition) is 1. The van der Waals surface area contributed by atoms with E-state index in [4.69, 9.17) is 23.2 Å². The average molecular weight is 216 g/mol. The standard InChI is InChI=1S/C10H11Cl2N/c1-2-3-7-13-10-8(11)5-4-6-9(10)12/h2,4-6,13H,1,3,7H2. The number of rotatable bonds is 4. The van der Waals surface area contributed by atoms with Gasteiger partial charge in [0.05, 0.1) is 15.7 Å².